The molecule has 0 aliphatic heterocycles. The lowest BCUT2D eigenvalue weighted by Gasteiger charge is -2.17. The Morgan fingerprint density at radius 2 is 1.86 bits per heavy atom. The predicted molar refractivity (Wildman–Crippen MR) is 134 cm³/mol. The lowest BCUT2D eigenvalue weighted by Crippen LogP contribution is -2.28. The van der Waals surface area contributed by atoms with Gasteiger partial charge in [0.15, 0.2) is 0 Å². The van der Waals surface area contributed by atoms with E-state index in [0.717, 1.165) is 11.1 Å². The average molecular weight is 473 g/mol. The monoisotopic (exact) mass is 472 g/mol. The maximum Gasteiger partial charge on any atom is 0.343 e. The maximum atomic E-state index is 12.8. The number of benzene rings is 1. The van der Waals surface area contributed by atoms with Gasteiger partial charge < -0.3 is 25.6 Å². The standard InChI is InChI=1S/C25H24N6O4/c1-3-31-22-18(21(32)20(24(33)34)23(31)26-2)10-11-19(30-22)16-6-8-17(9-7-16)29-25(35)28-14-15-5-4-12-27-13-15/h4-13,26H,3,14H2,1-2H3,(H,33,34)(H2,28,29,35). The summed E-state index contributed by atoms with van der Waals surface area (Å²) in [6, 6.07) is 13.7. The summed E-state index contributed by atoms with van der Waals surface area (Å²) in [4.78, 5) is 45.4. The molecule has 3 aromatic heterocycles. The van der Waals surface area contributed by atoms with E-state index in [1.165, 1.54) is 0 Å². The van der Waals surface area contributed by atoms with E-state index in [1.807, 2.05) is 25.1 Å². The number of rotatable bonds is 7. The lowest BCUT2D eigenvalue weighted by molar-refractivity contribution is 0.0696. The number of pyridine rings is 3. The third-order valence-corrected chi connectivity index (χ3v) is 5.49. The Bertz CT molecular complexity index is 1450. The molecule has 4 rings (SSSR count). The zero-order valence-electron chi connectivity index (χ0n) is 19.2. The Labute approximate surface area is 200 Å². The van der Waals surface area contributed by atoms with Crippen molar-refractivity contribution < 1.29 is 14.7 Å². The van der Waals surface area contributed by atoms with Gasteiger partial charge in [0.05, 0.1) is 11.1 Å². The van der Waals surface area contributed by atoms with Gasteiger partial charge in [-0.3, -0.25) is 9.78 Å². The predicted octanol–water partition coefficient (Wildman–Crippen LogP) is 3.54. The van der Waals surface area contributed by atoms with Crippen LogP contribution in [0.15, 0.2) is 65.7 Å². The SMILES string of the molecule is CCn1c(NC)c(C(=O)O)c(=O)c2ccc(-c3ccc(NC(=O)NCc4cccnc4)cc3)nc21. The third-order valence-electron chi connectivity index (χ3n) is 5.49. The van der Waals surface area contributed by atoms with Crippen molar-refractivity contribution in [1.29, 1.82) is 0 Å². The van der Waals surface area contributed by atoms with E-state index in [-0.39, 0.29) is 22.8 Å². The number of carbonyl (C=O) groups excluding carboxylic acids is 1. The number of aromatic carboxylic acids is 1. The zero-order chi connectivity index (χ0) is 24.9. The van der Waals surface area contributed by atoms with Crippen LogP contribution in [0.3, 0.4) is 0 Å². The van der Waals surface area contributed by atoms with Crippen LogP contribution >= 0.6 is 0 Å². The van der Waals surface area contributed by atoms with Gasteiger partial charge in [0.2, 0.25) is 5.43 Å². The lowest BCUT2D eigenvalue weighted by atomic mass is 10.1. The van der Waals surface area contributed by atoms with Crippen LogP contribution in [0.25, 0.3) is 22.3 Å². The molecular formula is C25H24N6O4. The highest BCUT2D eigenvalue weighted by atomic mass is 16.4. The Morgan fingerprint density at radius 3 is 2.49 bits per heavy atom. The summed E-state index contributed by atoms with van der Waals surface area (Å²) in [6.07, 6.45) is 3.36. The molecule has 0 aliphatic rings. The molecule has 0 fully saturated rings. The summed E-state index contributed by atoms with van der Waals surface area (Å²) < 4.78 is 1.67. The molecule has 35 heavy (non-hydrogen) atoms. The number of aromatic nitrogens is 3. The molecule has 0 spiro atoms. The number of fused-ring (bicyclic) bond motifs is 1. The summed E-state index contributed by atoms with van der Waals surface area (Å²) in [5.74, 6) is -1.08. The smallest absolute Gasteiger partial charge is 0.343 e. The van der Waals surface area contributed by atoms with Gasteiger partial charge in [-0.25, -0.2) is 14.6 Å². The van der Waals surface area contributed by atoms with Crippen LogP contribution in [0.4, 0.5) is 16.3 Å². The van der Waals surface area contributed by atoms with Crippen molar-refractivity contribution in [2.45, 2.75) is 20.0 Å². The normalized spacial score (nSPS) is 10.7. The van der Waals surface area contributed by atoms with Gasteiger partial charge >= 0.3 is 12.0 Å². The van der Waals surface area contributed by atoms with Crippen molar-refractivity contribution in [3.8, 4) is 11.3 Å². The van der Waals surface area contributed by atoms with Crippen molar-refractivity contribution in [2.75, 3.05) is 17.7 Å². The molecule has 0 bridgehead atoms. The summed E-state index contributed by atoms with van der Waals surface area (Å²) in [7, 11) is 1.57. The van der Waals surface area contributed by atoms with E-state index in [4.69, 9.17) is 0 Å². The fraction of sp³-hybridized carbons (Fsp3) is 0.160. The fourth-order valence-corrected chi connectivity index (χ4v) is 3.83. The Kier molecular flexibility index (Phi) is 6.72. The third kappa shape index (κ3) is 4.81. The molecule has 0 saturated carbocycles. The van der Waals surface area contributed by atoms with Crippen LogP contribution in [0.1, 0.15) is 22.8 Å². The highest BCUT2D eigenvalue weighted by molar-refractivity contribution is 5.98. The summed E-state index contributed by atoms with van der Waals surface area (Å²) in [5.41, 5.74) is 2.37. The second-order valence-electron chi connectivity index (χ2n) is 7.67. The van der Waals surface area contributed by atoms with E-state index in [1.54, 1.807) is 54.3 Å². The van der Waals surface area contributed by atoms with Crippen LogP contribution in [0.5, 0.6) is 0 Å². The molecule has 0 aliphatic carbocycles. The highest BCUT2D eigenvalue weighted by Gasteiger charge is 2.22. The first-order valence-corrected chi connectivity index (χ1v) is 11.0. The van der Waals surface area contributed by atoms with Gasteiger partial charge in [-0.2, -0.15) is 0 Å². The summed E-state index contributed by atoms with van der Waals surface area (Å²) in [5, 5.41) is 18.2. The van der Waals surface area contributed by atoms with Crippen molar-refractivity contribution in [3.05, 3.63) is 82.3 Å². The minimum Gasteiger partial charge on any atom is -0.477 e. The number of carbonyl (C=O) groups is 2. The average Bonchev–Trinajstić information content (AvgIpc) is 2.87. The number of nitrogens with one attached hydrogen (secondary N) is 3. The number of carboxylic acids is 1. The highest BCUT2D eigenvalue weighted by Crippen LogP contribution is 2.25. The quantitative estimate of drug-likeness (QED) is 0.323. The molecule has 1 aromatic carbocycles. The van der Waals surface area contributed by atoms with E-state index in [2.05, 4.69) is 25.9 Å². The maximum absolute atomic E-state index is 12.8. The molecule has 0 atom stereocenters. The van der Waals surface area contributed by atoms with Gasteiger partial charge in [-0.15, -0.1) is 0 Å². The van der Waals surface area contributed by atoms with Crippen molar-refractivity contribution >= 4 is 34.5 Å². The first-order chi connectivity index (χ1) is 16.9. The van der Waals surface area contributed by atoms with E-state index in [9.17, 15) is 19.5 Å². The van der Waals surface area contributed by atoms with E-state index in [0.29, 0.717) is 30.1 Å². The van der Waals surface area contributed by atoms with Gasteiger partial charge in [0.1, 0.15) is 17.0 Å². The Hall–Kier alpha value is -4.73. The first-order valence-electron chi connectivity index (χ1n) is 11.0. The van der Waals surface area contributed by atoms with Gasteiger partial charge in [0.25, 0.3) is 0 Å². The second kappa shape index (κ2) is 10.0. The summed E-state index contributed by atoms with van der Waals surface area (Å²) >= 11 is 0. The Balaban J connectivity index is 1.58. The first kappa shape index (κ1) is 23.4. The zero-order valence-corrected chi connectivity index (χ0v) is 19.2. The molecular weight excluding hydrogens is 448 g/mol. The van der Waals surface area contributed by atoms with Crippen LogP contribution in [0, 0.1) is 0 Å². The fourth-order valence-electron chi connectivity index (χ4n) is 3.83. The number of hydrogen-bond acceptors (Lipinski definition) is 6. The topological polar surface area (TPSA) is 138 Å². The number of anilines is 2. The molecule has 0 radical (unpaired) electrons. The second-order valence-corrected chi connectivity index (χ2v) is 7.67. The van der Waals surface area contributed by atoms with Crippen LogP contribution < -0.4 is 21.4 Å². The molecule has 4 aromatic rings. The molecule has 0 saturated heterocycles. The van der Waals surface area contributed by atoms with Gasteiger partial charge in [-0.1, -0.05) is 18.2 Å². The van der Waals surface area contributed by atoms with Crippen LogP contribution in [-0.2, 0) is 13.1 Å². The van der Waals surface area contributed by atoms with Crippen molar-refractivity contribution in [1.82, 2.24) is 19.9 Å². The van der Waals surface area contributed by atoms with Gasteiger partial charge in [-0.05, 0) is 42.8 Å². The van der Waals surface area contributed by atoms with Crippen LogP contribution in [0.2, 0.25) is 0 Å². The van der Waals surface area contributed by atoms with Crippen molar-refractivity contribution in [2.24, 2.45) is 0 Å². The molecule has 10 nitrogen and oxygen atoms in total. The molecule has 4 N–H and O–H groups in total. The summed E-state index contributed by atoms with van der Waals surface area (Å²) in [6.45, 7) is 2.63. The Morgan fingerprint density at radius 1 is 1.09 bits per heavy atom. The molecule has 3 heterocycles. The van der Waals surface area contributed by atoms with Crippen LogP contribution in [-0.4, -0.2) is 38.7 Å². The largest absolute Gasteiger partial charge is 0.477 e. The number of carboxylic acid groups (broad SMARTS) is 1. The van der Waals surface area contributed by atoms with E-state index < -0.39 is 11.4 Å². The molecule has 0 unspecified atom stereocenters. The number of aryl methyl sites for hydroxylation is 1. The number of nitrogens with zero attached hydrogens (tertiary/aromatic N) is 3. The number of hydrogen-bond donors (Lipinski definition) is 4. The number of amides is 2. The minimum atomic E-state index is -1.29. The molecule has 2 amide bonds. The molecule has 178 valence electrons. The van der Waals surface area contributed by atoms with Gasteiger partial charge in [0, 0.05) is 43.8 Å². The minimum absolute atomic E-state index is 0.207. The molecule has 10 heteroatoms. The van der Waals surface area contributed by atoms with E-state index >= 15 is 0 Å². The number of urea groups is 1. The van der Waals surface area contributed by atoms with Crippen molar-refractivity contribution in [3.63, 3.8) is 0 Å².